The Hall–Kier alpha value is -1.69. The van der Waals surface area contributed by atoms with Crippen LogP contribution in [-0.2, 0) is 6.42 Å². The highest BCUT2D eigenvalue weighted by molar-refractivity contribution is 6.58. The molecule has 1 aromatic rings. The van der Waals surface area contributed by atoms with Crippen molar-refractivity contribution in [2.45, 2.75) is 145 Å². The average molecular weight is 558 g/mol. The maximum atomic E-state index is 16.5. The summed E-state index contributed by atoms with van der Waals surface area (Å²) in [7, 11) is 0. The number of fused-ring (bicyclic) bond motifs is 2. The van der Waals surface area contributed by atoms with Crippen molar-refractivity contribution in [2.75, 3.05) is 19.6 Å². The van der Waals surface area contributed by atoms with Gasteiger partial charge in [0.15, 0.2) is 5.70 Å². The molecule has 0 atom stereocenters. The smallest absolute Gasteiger partial charge is 0.393 e. The third-order valence-electron chi connectivity index (χ3n) is 9.63. The van der Waals surface area contributed by atoms with Crippen LogP contribution < -0.4 is 0 Å². The summed E-state index contributed by atoms with van der Waals surface area (Å²) in [6, 6.07) is 0. The summed E-state index contributed by atoms with van der Waals surface area (Å²) in [6.45, 7) is 15.6. The Morgan fingerprint density at radius 1 is 0.700 bits per heavy atom. The van der Waals surface area contributed by atoms with Crippen LogP contribution in [0, 0.1) is 13.8 Å². The van der Waals surface area contributed by atoms with Gasteiger partial charge in [0.1, 0.15) is 5.71 Å². The van der Waals surface area contributed by atoms with Gasteiger partial charge in [0, 0.05) is 30.3 Å². The molecule has 0 bridgehead atoms. The van der Waals surface area contributed by atoms with E-state index in [4.69, 9.17) is 0 Å². The van der Waals surface area contributed by atoms with Crippen LogP contribution >= 0.6 is 0 Å². The molecule has 0 amide bonds. The van der Waals surface area contributed by atoms with Gasteiger partial charge in [-0.05, 0) is 76.4 Å². The zero-order chi connectivity index (χ0) is 29.4. The van der Waals surface area contributed by atoms with E-state index in [2.05, 4.69) is 46.4 Å². The molecule has 3 heterocycles. The lowest BCUT2D eigenvalue weighted by Gasteiger charge is -2.35. The fourth-order valence-corrected chi connectivity index (χ4v) is 7.48. The van der Waals surface area contributed by atoms with Gasteiger partial charge in [0.05, 0.1) is 5.57 Å². The van der Waals surface area contributed by atoms with Crippen LogP contribution in [0.2, 0.25) is 0 Å². The third-order valence-corrected chi connectivity index (χ3v) is 9.63. The zero-order valence-electron chi connectivity index (χ0n) is 27.2. The Morgan fingerprint density at radius 3 is 1.73 bits per heavy atom. The Morgan fingerprint density at radius 2 is 1.23 bits per heavy atom. The number of unbranched alkanes of at least 4 members (excludes halogenated alkanes) is 10. The minimum atomic E-state index is -3.94. The van der Waals surface area contributed by atoms with Crippen molar-refractivity contribution < 1.29 is 13.1 Å². The van der Waals surface area contributed by atoms with Gasteiger partial charge in [-0.1, -0.05) is 91.9 Å². The number of nitrogens with zero attached hydrogens (tertiary/aromatic N) is 3. The maximum Gasteiger partial charge on any atom is 0.737 e. The lowest BCUT2D eigenvalue weighted by Crippen LogP contribution is -2.52. The van der Waals surface area contributed by atoms with Crippen molar-refractivity contribution in [3.8, 4) is 0 Å². The monoisotopic (exact) mass is 557 g/mol. The summed E-state index contributed by atoms with van der Waals surface area (Å²) in [5.41, 5.74) is 8.47. The van der Waals surface area contributed by atoms with Gasteiger partial charge in [0.25, 0.3) is 0 Å². The molecule has 0 radical (unpaired) electrons. The predicted molar refractivity (Wildman–Crippen MR) is 171 cm³/mol. The molecule has 40 heavy (non-hydrogen) atoms. The van der Waals surface area contributed by atoms with Crippen LogP contribution in [0.15, 0.2) is 16.8 Å². The molecule has 0 aromatic carbocycles. The minimum absolute atomic E-state index is 0.741. The van der Waals surface area contributed by atoms with Crippen LogP contribution in [0.25, 0.3) is 5.57 Å². The second-order valence-electron chi connectivity index (χ2n) is 12.4. The molecule has 0 aliphatic carbocycles. The first-order valence-electron chi connectivity index (χ1n) is 16.7. The van der Waals surface area contributed by atoms with E-state index < -0.39 is 6.97 Å². The molecule has 3 rings (SSSR count). The summed E-state index contributed by atoms with van der Waals surface area (Å²) in [5.74, 6) is 0. The molecule has 1 aromatic heterocycles. The third kappa shape index (κ3) is 6.68. The number of halogens is 2. The van der Waals surface area contributed by atoms with Gasteiger partial charge in [0.2, 0.25) is 0 Å². The normalized spacial score (nSPS) is 16.6. The highest BCUT2D eigenvalue weighted by atomic mass is 19.2. The molecule has 2 aliphatic heterocycles. The summed E-state index contributed by atoms with van der Waals surface area (Å²) >= 11 is 0. The van der Waals surface area contributed by atoms with E-state index in [0.29, 0.717) is 0 Å². The molecule has 0 saturated heterocycles. The highest BCUT2D eigenvalue weighted by Gasteiger charge is 2.56. The molecule has 0 saturated carbocycles. The Kier molecular flexibility index (Phi) is 12.3. The van der Waals surface area contributed by atoms with Crippen molar-refractivity contribution in [3.05, 3.63) is 39.4 Å². The first-order valence-corrected chi connectivity index (χ1v) is 16.7. The molecule has 3 nitrogen and oxygen atoms in total. The molecule has 2 aliphatic rings. The van der Waals surface area contributed by atoms with Crippen LogP contribution in [0.4, 0.5) is 8.63 Å². The molecule has 0 N–H and O–H groups in total. The fraction of sp³-hybridized carbons (Fsp3) is 0.735. The van der Waals surface area contributed by atoms with Gasteiger partial charge in [-0.2, -0.15) is 0 Å². The number of aromatic nitrogens is 1. The lowest BCUT2D eigenvalue weighted by atomic mass is 9.85. The Labute approximate surface area is 244 Å². The molecule has 0 fully saturated rings. The lowest BCUT2D eigenvalue weighted by molar-refractivity contribution is -0.364. The minimum Gasteiger partial charge on any atom is -0.393 e. The standard InChI is InChI=1S/C34H58BF2N3/c1-9-13-15-17-19-21-23-38(24-22-20-18-16-14-10-2)25-32-33-26(5)30(11-3)28(7)39(33)35(36,37)40-29(8)31(12-4)27(6)34(32)40/h9-25H2,1-8H3. The van der Waals surface area contributed by atoms with E-state index in [1.165, 1.54) is 86.0 Å². The van der Waals surface area contributed by atoms with Crippen LogP contribution in [0.1, 0.15) is 148 Å². The van der Waals surface area contributed by atoms with Crippen molar-refractivity contribution in [3.63, 3.8) is 0 Å². The van der Waals surface area contributed by atoms with Crippen LogP contribution in [0.3, 0.4) is 0 Å². The number of allylic oxidation sites excluding steroid dienone is 2. The Balaban J connectivity index is 2.01. The average Bonchev–Trinajstić information content (AvgIpc) is 3.34. The molecule has 0 unspecified atom stereocenters. The zero-order valence-corrected chi connectivity index (χ0v) is 27.2. The summed E-state index contributed by atoms with van der Waals surface area (Å²) in [4.78, 5) is 2.60. The van der Waals surface area contributed by atoms with E-state index in [1.54, 1.807) is 0 Å². The molecule has 0 spiro atoms. The van der Waals surface area contributed by atoms with Crippen molar-refractivity contribution in [1.82, 2.24) is 9.38 Å². The molecular formula is C34H58BF2N3. The van der Waals surface area contributed by atoms with Gasteiger partial charge >= 0.3 is 6.97 Å². The highest BCUT2D eigenvalue weighted by Crippen LogP contribution is 2.45. The predicted octanol–water partition coefficient (Wildman–Crippen LogP) is 9.85. The van der Waals surface area contributed by atoms with E-state index in [-0.39, 0.29) is 0 Å². The van der Waals surface area contributed by atoms with E-state index in [0.717, 1.165) is 83.1 Å². The van der Waals surface area contributed by atoms with Crippen LogP contribution in [0.5, 0.6) is 0 Å². The van der Waals surface area contributed by atoms with Gasteiger partial charge in [-0.25, -0.2) is 0 Å². The summed E-state index contributed by atoms with van der Waals surface area (Å²) in [6.07, 6.45) is 16.9. The van der Waals surface area contributed by atoms with E-state index in [9.17, 15) is 0 Å². The second-order valence-corrected chi connectivity index (χ2v) is 12.4. The maximum absolute atomic E-state index is 16.5. The summed E-state index contributed by atoms with van der Waals surface area (Å²) < 4.78 is 36.0. The van der Waals surface area contributed by atoms with E-state index in [1.807, 2.05) is 13.8 Å². The van der Waals surface area contributed by atoms with Gasteiger partial charge in [-0.15, -0.1) is 0 Å². The molecular weight excluding hydrogens is 499 g/mol. The quantitative estimate of drug-likeness (QED) is 0.129. The number of rotatable bonds is 18. The first-order chi connectivity index (χ1) is 19.2. The van der Waals surface area contributed by atoms with Gasteiger partial charge in [-0.3, -0.25) is 4.90 Å². The van der Waals surface area contributed by atoms with Crippen molar-refractivity contribution >= 4 is 18.3 Å². The SMILES string of the molecule is CCCCCCCCN(CCCCCCCC)CC1=C2C(C)=C(CC)C(C)=[N+]2[B-](F)(F)n2c(C)c(CC)c(C)c21. The number of hydrogen-bond donors (Lipinski definition) is 0. The molecule has 226 valence electrons. The van der Waals surface area contributed by atoms with Crippen molar-refractivity contribution in [1.29, 1.82) is 0 Å². The topological polar surface area (TPSA) is 11.2 Å². The van der Waals surface area contributed by atoms with Crippen molar-refractivity contribution in [2.24, 2.45) is 0 Å². The first kappa shape index (κ1) is 32.8. The van der Waals surface area contributed by atoms with Gasteiger partial charge < -0.3 is 17.6 Å². The fourth-order valence-electron chi connectivity index (χ4n) is 7.48. The Bertz CT molecular complexity index is 1090. The number of hydrogen-bond acceptors (Lipinski definition) is 1. The second kappa shape index (κ2) is 15.0. The van der Waals surface area contributed by atoms with E-state index >= 15 is 8.63 Å². The van der Waals surface area contributed by atoms with Crippen LogP contribution in [-0.4, -0.2) is 46.2 Å². The largest absolute Gasteiger partial charge is 0.737 e. The molecule has 6 heteroatoms. The summed E-state index contributed by atoms with van der Waals surface area (Å²) in [5, 5.41) is 0.